The average Bonchev–Trinajstić information content (AvgIpc) is 3.58. The minimum absolute atomic E-state index is 0.0968. The van der Waals surface area contributed by atoms with Crippen LogP contribution in [0.3, 0.4) is 0 Å². The van der Waals surface area contributed by atoms with Gasteiger partial charge in [-0.2, -0.15) is 10.2 Å². The molecule has 2 atom stereocenters. The zero-order valence-electron chi connectivity index (χ0n) is 25.5. The van der Waals surface area contributed by atoms with Gasteiger partial charge in [-0.25, -0.2) is 17.9 Å². The Morgan fingerprint density at radius 1 is 1.02 bits per heavy atom. The van der Waals surface area contributed by atoms with Gasteiger partial charge in [0, 0.05) is 36.4 Å². The van der Waals surface area contributed by atoms with E-state index in [1.54, 1.807) is 71.7 Å². The monoisotopic (exact) mass is 634 g/mol. The highest BCUT2D eigenvalue weighted by molar-refractivity contribution is 7.92. The second-order valence-electron chi connectivity index (χ2n) is 10.8. The van der Waals surface area contributed by atoms with E-state index < -0.39 is 21.3 Å². The molecule has 4 aromatic heterocycles. The lowest BCUT2D eigenvalue weighted by molar-refractivity contribution is 0.0939. The molecule has 6 aromatic rings. The Labute approximate surface area is 264 Å². The summed E-state index contributed by atoms with van der Waals surface area (Å²) in [6.07, 6.45) is 4.68. The SMILES string of the molecule is Cc1nn2cccnc2c1C(=O)N[C@H](C)c1cc2cccc(C#Cc3cnn(C)c3S(=O)(=O)C(C)N)c2c(=O)n1-c1ccccc1. The number of benzene rings is 2. The van der Waals surface area contributed by atoms with E-state index in [0.717, 1.165) is 0 Å². The van der Waals surface area contributed by atoms with Crippen LogP contribution in [0.1, 0.15) is 52.8 Å². The molecule has 0 aliphatic rings. The van der Waals surface area contributed by atoms with Gasteiger partial charge in [0.1, 0.15) is 10.9 Å². The van der Waals surface area contributed by atoms with Gasteiger partial charge in [-0.1, -0.05) is 42.2 Å². The number of pyridine rings is 1. The number of hydrogen-bond acceptors (Lipinski definition) is 8. The molecule has 13 heteroatoms. The maximum Gasteiger partial charge on any atom is 0.264 e. The van der Waals surface area contributed by atoms with Crippen molar-refractivity contribution in [1.82, 2.24) is 34.3 Å². The Balaban J connectivity index is 1.48. The zero-order chi connectivity index (χ0) is 32.7. The lowest BCUT2D eigenvalue weighted by Gasteiger charge is -2.21. The van der Waals surface area contributed by atoms with Crippen molar-refractivity contribution in [3.8, 4) is 17.5 Å². The number of amides is 1. The first-order chi connectivity index (χ1) is 22.0. The molecule has 3 N–H and O–H groups in total. The quantitative estimate of drug-likeness (QED) is 0.265. The van der Waals surface area contributed by atoms with E-state index in [2.05, 4.69) is 32.3 Å². The normalized spacial score (nSPS) is 12.9. The molecule has 12 nitrogen and oxygen atoms in total. The van der Waals surface area contributed by atoms with Crippen LogP contribution in [0.4, 0.5) is 0 Å². The largest absolute Gasteiger partial charge is 0.344 e. The molecule has 0 saturated heterocycles. The summed E-state index contributed by atoms with van der Waals surface area (Å²) in [5.41, 5.74) is 8.40. The van der Waals surface area contributed by atoms with Crippen LogP contribution in [0.15, 0.2) is 89.1 Å². The van der Waals surface area contributed by atoms with Gasteiger partial charge in [0.05, 0.1) is 28.9 Å². The number of aryl methyl sites for hydroxylation is 2. The van der Waals surface area contributed by atoms with Crippen molar-refractivity contribution < 1.29 is 13.2 Å². The Hall–Kier alpha value is -5.58. The van der Waals surface area contributed by atoms with Crippen molar-refractivity contribution in [2.45, 2.75) is 37.2 Å². The molecule has 0 radical (unpaired) electrons. The second-order valence-corrected chi connectivity index (χ2v) is 13.1. The molecule has 0 saturated carbocycles. The molecule has 1 amide bonds. The van der Waals surface area contributed by atoms with Crippen molar-refractivity contribution >= 4 is 32.2 Å². The summed E-state index contributed by atoms with van der Waals surface area (Å²) < 4.78 is 30.1. The number of para-hydroxylation sites is 1. The number of fused-ring (bicyclic) bond motifs is 2. The van der Waals surface area contributed by atoms with Crippen molar-refractivity contribution in [1.29, 1.82) is 0 Å². The first-order valence-electron chi connectivity index (χ1n) is 14.4. The lowest BCUT2D eigenvalue weighted by Crippen LogP contribution is -2.32. The summed E-state index contributed by atoms with van der Waals surface area (Å²) in [5, 5.41) is 11.2. The van der Waals surface area contributed by atoms with E-state index in [9.17, 15) is 18.0 Å². The summed E-state index contributed by atoms with van der Waals surface area (Å²) in [6.45, 7) is 4.93. The Morgan fingerprint density at radius 3 is 2.50 bits per heavy atom. The topological polar surface area (TPSA) is 159 Å². The average molecular weight is 635 g/mol. The third-order valence-electron chi connectivity index (χ3n) is 7.65. The van der Waals surface area contributed by atoms with Gasteiger partial charge in [-0.15, -0.1) is 0 Å². The van der Waals surface area contributed by atoms with Crippen LogP contribution in [0.25, 0.3) is 22.1 Å². The third kappa shape index (κ3) is 5.23. The molecular formula is C33H30N8O4S. The first kappa shape index (κ1) is 30.4. The van der Waals surface area contributed by atoms with Crippen molar-refractivity contribution in [2.75, 3.05) is 0 Å². The summed E-state index contributed by atoms with van der Waals surface area (Å²) in [6, 6.07) is 17.3. The molecule has 1 unspecified atom stereocenters. The first-order valence-corrected chi connectivity index (χ1v) is 15.9. The molecule has 0 aliphatic carbocycles. The van der Waals surface area contributed by atoms with Crippen LogP contribution in [0, 0.1) is 18.8 Å². The van der Waals surface area contributed by atoms with Crippen LogP contribution >= 0.6 is 0 Å². The number of carbonyl (C=O) groups excluding carboxylic acids is 1. The smallest absolute Gasteiger partial charge is 0.264 e. The molecule has 232 valence electrons. The number of nitrogens with zero attached hydrogens (tertiary/aromatic N) is 6. The maximum atomic E-state index is 14.4. The predicted octanol–water partition coefficient (Wildman–Crippen LogP) is 3.04. The minimum atomic E-state index is -3.88. The van der Waals surface area contributed by atoms with Gasteiger partial charge in [0.2, 0.25) is 9.84 Å². The third-order valence-corrected chi connectivity index (χ3v) is 9.66. The van der Waals surface area contributed by atoms with Gasteiger partial charge in [0.15, 0.2) is 10.7 Å². The number of carbonyl (C=O) groups is 1. The fourth-order valence-electron chi connectivity index (χ4n) is 5.41. The van der Waals surface area contributed by atoms with Gasteiger partial charge in [-0.05, 0) is 56.5 Å². The highest BCUT2D eigenvalue weighted by atomic mass is 32.2. The number of sulfone groups is 1. The van der Waals surface area contributed by atoms with E-state index in [1.165, 1.54) is 24.9 Å². The molecule has 46 heavy (non-hydrogen) atoms. The standard InChI is InChI=1S/C33H30N8O4S/c1-20(37-31(42)28-21(2)38-40-17-9-16-35-30(28)40)27-18-24-11-8-10-23(29(24)32(43)41(27)26-12-6-5-7-13-26)14-15-25-19-36-39(4)33(25)46(44,45)22(3)34/h5-13,16-20,22H,34H2,1-4H3,(H,37,42)/t20-,22?/m1/s1. The number of hydrogen-bond donors (Lipinski definition) is 2. The van der Waals surface area contributed by atoms with Crippen molar-refractivity contribution in [3.63, 3.8) is 0 Å². The van der Waals surface area contributed by atoms with E-state index in [-0.39, 0.29) is 22.1 Å². The molecule has 2 aromatic carbocycles. The highest BCUT2D eigenvalue weighted by Gasteiger charge is 2.27. The number of aromatic nitrogens is 6. The van der Waals surface area contributed by atoms with Crippen molar-refractivity contribution in [2.24, 2.45) is 12.8 Å². The molecular weight excluding hydrogens is 604 g/mol. The maximum absolute atomic E-state index is 14.4. The van der Waals surface area contributed by atoms with Crippen molar-refractivity contribution in [3.05, 3.63) is 118 Å². The molecule has 6 rings (SSSR count). The van der Waals surface area contributed by atoms with E-state index in [1.807, 2.05) is 24.3 Å². The second kappa shape index (κ2) is 11.7. The fourth-order valence-corrected chi connectivity index (χ4v) is 6.59. The minimum Gasteiger partial charge on any atom is -0.344 e. The van der Waals surface area contributed by atoms with E-state index in [0.29, 0.717) is 44.6 Å². The summed E-state index contributed by atoms with van der Waals surface area (Å²) in [7, 11) is -2.38. The zero-order valence-corrected chi connectivity index (χ0v) is 26.3. The van der Waals surface area contributed by atoms with Gasteiger partial charge >= 0.3 is 0 Å². The van der Waals surface area contributed by atoms with E-state index >= 15 is 0 Å². The summed E-state index contributed by atoms with van der Waals surface area (Å²) in [4.78, 5) is 32.3. The number of nitrogens with two attached hydrogens (primary N) is 1. The Bertz CT molecular complexity index is 2380. The Morgan fingerprint density at radius 2 is 1.76 bits per heavy atom. The summed E-state index contributed by atoms with van der Waals surface area (Å²) >= 11 is 0. The number of rotatable bonds is 6. The van der Waals surface area contributed by atoms with Gasteiger partial charge in [-0.3, -0.25) is 18.8 Å². The predicted molar refractivity (Wildman–Crippen MR) is 173 cm³/mol. The van der Waals surface area contributed by atoms with Gasteiger partial charge < -0.3 is 11.1 Å². The van der Waals surface area contributed by atoms with E-state index in [4.69, 9.17) is 5.73 Å². The molecule has 0 fully saturated rings. The van der Waals surface area contributed by atoms with Crippen LogP contribution in [0.5, 0.6) is 0 Å². The highest BCUT2D eigenvalue weighted by Crippen LogP contribution is 2.25. The number of nitrogens with one attached hydrogen (secondary N) is 1. The van der Waals surface area contributed by atoms with Crippen LogP contribution in [-0.4, -0.2) is 48.6 Å². The van der Waals surface area contributed by atoms with Crippen LogP contribution in [0.2, 0.25) is 0 Å². The summed E-state index contributed by atoms with van der Waals surface area (Å²) in [5.74, 6) is 5.53. The Kier molecular flexibility index (Phi) is 7.77. The molecule has 0 bridgehead atoms. The molecule has 4 heterocycles. The van der Waals surface area contributed by atoms with Crippen LogP contribution in [-0.2, 0) is 16.9 Å². The van der Waals surface area contributed by atoms with Gasteiger partial charge in [0.25, 0.3) is 11.5 Å². The molecule has 0 spiro atoms. The fraction of sp³-hybridized carbons (Fsp3) is 0.182. The molecule has 0 aliphatic heterocycles. The lowest BCUT2D eigenvalue weighted by atomic mass is 10.0. The van der Waals surface area contributed by atoms with Crippen LogP contribution < -0.4 is 16.6 Å².